The van der Waals surface area contributed by atoms with Gasteiger partial charge in [0.2, 0.25) is 0 Å². The molecule has 0 aromatic carbocycles. The highest BCUT2D eigenvalue weighted by atomic mass is 16.7. The van der Waals surface area contributed by atoms with Gasteiger partial charge < -0.3 is 28.4 Å². The van der Waals surface area contributed by atoms with Crippen LogP contribution < -0.4 is 0 Å². The first-order valence-corrected chi connectivity index (χ1v) is 15.4. The van der Waals surface area contributed by atoms with Crippen molar-refractivity contribution in [3.63, 3.8) is 0 Å². The Hall–Kier alpha value is -1.02. The lowest BCUT2D eigenvalue weighted by atomic mass is 9.62. The Balaban J connectivity index is 1.69. The predicted molar refractivity (Wildman–Crippen MR) is 161 cm³/mol. The van der Waals surface area contributed by atoms with E-state index in [9.17, 15) is 0 Å². The van der Waals surface area contributed by atoms with Crippen LogP contribution in [0.1, 0.15) is 99.3 Å². The molecule has 3 aliphatic rings. The second-order valence-corrected chi connectivity index (χ2v) is 13.5. The zero-order chi connectivity index (χ0) is 29.4. The van der Waals surface area contributed by atoms with E-state index in [-0.39, 0.29) is 18.5 Å². The van der Waals surface area contributed by atoms with Crippen molar-refractivity contribution in [1.29, 1.82) is 0 Å². The topological polar surface area (TPSA) is 55.4 Å². The summed E-state index contributed by atoms with van der Waals surface area (Å²) in [6, 6.07) is 0. The van der Waals surface area contributed by atoms with Gasteiger partial charge in [-0.05, 0) is 106 Å². The molecule has 6 nitrogen and oxygen atoms in total. The Kier molecular flexibility index (Phi) is 12.5. The first-order chi connectivity index (χ1) is 19.0. The van der Waals surface area contributed by atoms with Gasteiger partial charge in [-0.25, -0.2) is 0 Å². The van der Waals surface area contributed by atoms with E-state index in [1.54, 1.807) is 21.3 Å². The monoisotopic (exact) mass is 562 g/mol. The minimum Gasteiger partial charge on any atom is -0.359 e. The molecule has 3 rings (SSSR count). The summed E-state index contributed by atoms with van der Waals surface area (Å²) in [6.45, 7) is 14.7. The van der Waals surface area contributed by atoms with Gasteiger partial charge in [-0.1, -0.05) is 44.9 Å². The summed E-state index contributed by atoms with van der Waals surface area (Å²) in [5.41, 5.74) is 3.92. The van der Waals surface area contributed by atoms with Crippen LogP contribution in [0.25, 0.3) is 0 Å². The van der Waals surface area contributed by atoms with Gasteiger partial charge >= 0.3 is 0 Å². The first kappa shape index (κ1) is 33.5. The molecular weight excluding hydrogens is 504 g/mol. The third kappa shape index (κ3) is 8.29. The van der Waals surface area contributed by atoms with Crippen molar-refractivity contribution in [3.05, 3.63) is 34.9 Å². The molecule has 3 aliphatic carbocycles. The second kappa shape index (κ2) is 14.9. The molecule has 1 saturated carbocycles. The highest BCUT2D eigenvalue weighted by Crippen LogP contribution is 2.59. The number of allylic oxidation sites excluding steroid dienone is 4. The van der Waals surface area contributed by atoms with Crippen molar-refractivity contribution in [2.24, 2.45) is 23.2 Å². The molecule has 0 N–H and O–H groups in total. The second-order valence-electron chi connectivity index (χ2n) is 13.5. The average molecular weight is 563 g/mol. The Morgan fingerprint density at radius 3 is 2.45 bits per heavy atom. The maximum atomic E-state index is 6.20. The first-order valence-electron chi connectivity index (χ1n) is 15.4. The summed E-state index contributed by atoms with van der Waals surface area (Å²) >= 11 is 0. The van der Waals surface area contributed by atoms with E-state index in [2.05, 4.69) is 59.8 Å². The molecule has 0 aromatic heterocycles. The molecule has 1 fully saturated rings. The van der Waals surface area contributed by atoms with Crippen LogP contribution in [0.2, 0.25) is 0 Å². The zero-order valence-corrected chi connectivity index (χ0v) is 27.0. The normalized spacial score (nSPS) is 32.0. The van der Waals surface area contributed by atoms with Crippen molar-refractivity contribution in [2.75, 3.05) is 41.7 Å². The molecule has 230 valence electrons. The number of methoxy groups -OCH3 is 3. The lowest BCUT2D eigenvalue weighted by molar-refractivity contribution is -0.143. The zero-order valence-electron chi connectivity index (χ0n) is 27.0. The molecule has 6 heteroatoms. The maximum Gasteiger partial charge on any atom is 0.147 e. The molecule has 0 unspecified atom stereocenters. The van der Waals surface area contributed by atoms with Crippen LogP contribution in [0.15, 0.2) is 34.9 Å². The van der Waals surface area contributed by atoms with Crippen LogP contribution in [0.4, 0.5) is 0 Å². The van der Waals surface area contributed by atoms with E-state index in [4.69, 9.17) is 28.4 Å². The van der Waals surface area contributed by atoms with Crippen LogP contribution in [0.5, 0.6) is 0 Å². The molecule has 0 aliphatic heterocycles. The quantitative estimate of drug-likeness (QED) is 0.178. The number of hydrogen-bond donors (Lipinski definition) is 0. The largest absolute Gasteiger partial charge is 0.359 e. The molecule has 40 heavy (non-hydrogen) atoms. The van der Waals surface area contributed by atoms with Crippen LogP contribution in [0.3, 0.4) is 0 Å². The highest BCUT2D eigenvalue weighted by molar-refractivity contribution is 5.39. The van der Waals surface area contributed by atoms with E-state index in [1.807, 2.05) is 0 Å². The molecule has 6 atom stereocenters. The van der Waals surface area contributed by atoms with Gasteiger partial charge in [-0.3, -0.25) is 0 Å². The van der Waals surface area contributed by atoms with E-state index >= 15 is 0 Å². The van der Waals surface area contributed by atoms with Gasteiger partial charge in [0.1, 0.15) is 20.4 Å². The minimum absolute atomic E-state index is 0.0531. The fraction of sp³-hybridized carbons (Fsp3) is 0.824. The lowest BCUT2D eigenvalue weighted by Crippen LogP contribution is -2.40. The van der Waals surface area contributed by atoms with Crippen molar-refractivity contribution in [2.45, 2.75) is 117 Å². The van der Waals surface area contributed by atoms with Gasteiger partial charge in [0, 0.05) is 27.8 Å². The van der Waals surface area contributed by atoms with Gasteiger partial charge in [0.25, 0.3) is 0 Å². The molecule has 0 heterocycles. The summed E-state index contributed by atoms with van der Waals surface area (Å²) < 4.78 is 33.7. The smallest absolute Gasteiger partial charge is 0.147 e. The third-order valence-electron chi connectivity index (χ3n) is 10.3. The fourth-order valence-corrected chi connectivity index (χ4v) is 7.75. The Morgan fingerprint density at radius 1 is 1.02 bits per heavy atom. The SMILES string of the molecule is COCO[C@@H]1CC(/C=C\C2=CCC[C@]3(C)[C@@H]([C@H](C)CCCC(C)(C)OCOC)CC[C@@H]23)=C(C)[C@@](C)(OCOC)C1. The molecule has 0 amide bonds. The van der Waals surface area contributed by atoms with Gasteiger partial charge in [-0.2, -0.15) is 0 Å². The third-order valence-corrected chi connectivity index (χ3v) is 10.3. The van der Waals surface area contributed by atoms with E-state index in [0.29, 0.717) is 24.9 Å². The van der Waals surface area contributed by atoms with Crippen molar-refractivity contribution in [3.8, 4) is 0 Å². The van der Waals surface area contributed by atoms with E-state index in [0.717, 1.165) is 31.1 Å². The van der Waals surface area contributed by atoms with Crippen LogP contribution in [0, 0.1) is 23.2 Å². The summed E-state index contributed by atoms with van der Waals surface area (Å²) in [5, 5.41) is 0. The number of rotatable bonds is 16. The lowest BCUT2D eigenvalue weighted by Gasteiger charge is -2.43. The number of fused-ring (bicyclic) bond motifs is 1. The van der Waals surface area contributed by atoms with Crippen molar-refractivity contribution >= 4 is 0 Å². The molecule has 0 saturated heterocycles. The summed E-state index contributed by atoms with van der Waals surface area (Å²) in [5.74, 6) is 2.12. The van der Waals surface area contributed by atoms with Crippen LogP contribution in [-0.2, 0) is 28.4 Å². The summed E-state index contributed by atoms with van der Waals surface area (Å²) in [7, 11) is 5.03. The van der Waals surface area contributed by atoms with Crippen molar-refractivity contribution < 1.29 is 28.4 Å². The van der Waals surface area contributed by atoms with Crippen LogP contribution in [-0.4, -0.2) is 59.0 Å². The predicted octanol–water partition coefficient (Wildman–Crippen LogP) is 7.98. The van der Waals surface area contributed by atoms with Gasteiger partial charge in [0.15, 0.2) is 0 Å². The number of hydrogen-bond acceptors (Lipinski definition) is 6. The highest BCUT2D eigenvalue weighted by Gasteiger charge is 2.49. The van der Waals surface area contributed by atoms with Crippen molar-refractivity contribution in [1.82, 2.24) is 0 Å². The Labute approximate surface area is 244 Å². The standard InChI is InChI=1S/C34H58O6/c1-25(12-10-18-32(3,4)39-23-36-8)30-16-17-31-27(13-11-19-33(30,31)5)14-15-28-20-29(38-22-35-7)21-34(6,26(28)2)40-24-37-9/h13-15,25,29-31H,10-12,16-24H2,1-9H3/b15-14-/t25-,29-,30-,31+,33-,34+/m1/s1. The Morgan fingerprint density at radius 2 is 1.75 bits per heavy atom. The molecule has 0 radical (unpaired) electrons. The summed E-state index contributed by atoms with van der Waals surface area (Å²) in [4.78, 5) is 0. The summed E-state index contributed by atoms with van der Waals surface area (Å²) in [6.07, 6.45) is 17.6. The molecule has 0 bridgehead atoms. The average Bonchev–Trinajstić information content (AvgIpc) is 3.28. The fourth-order valence-electron chi connectivity index (χ4n) is 7.75. The van der Waals surface area contributed by atoms with Gasteiger partial charge in [0.05, 0.1) is 17.3 Å². The van der Waals surface area contributed by atoms with Gasteiger partial charge in [-0.15, -0.1) is 0 Å². The van der Waals surface area contributed by atoms with E-state index in [1.165, 1.54) is 55.2 Å². The maximum absolute atomic E-state index is 6.20. The van der Waals surface area contributed by atoms with E-state index < -0.39 is 5.60 Å². The minimum atomic E-state index is -0.418. The molecular formula is C34H58O6. The molecule has 0 spiro atoms. The Bertz CT molecular complexity index is 891. The molecule has 0 aromatic rings. The van der Waals surface area contributed by atoms with Crippen LogP contribution >= 0.6 is 0 Å². The number of ether oxygens (including phenoxy) is 6.